The zero-order valence-corrected chi connectivity index (χ0v) is 14.0. The van der Waals surface area contributed by atoms with Crippen LogP contribution in [0.25, 0.3) is 21.8 Å². The van der Waals surface area contributed by atoms with E-state index >= 15 is 0 Å². The van der Waals surface area contributed by atoms with Crippen LogP contribution in [0.15, 0.2) is 60.9 Å². The lowest BCUT2D eigenvalue weighted by Crippen LogP contribution is -1.97. The van der Waals surface area contributed by atoms with Gasteiger partial charge >= 0.3 is 0 Å². The van der Waals surface area contributed by atoms with Gasteiger partial charge in [-0.1, -0.05) is 36.4 Å². The number of benzene rings is 2. The average molecular weight is 306 g/mol. The van der Waals surface area contributed by atoms with Crippen molar-refractivity contribution in [2.75, 3.05) is 6.66 Å². The predicted octanol–water partition coefficient (Wildman–Crippen LogP) is 5.55. The Hall–Kier alpha value is -2.05. The Bertz CT molecular complexity index is 898. The van der Waals surface area contributed by atoms with Crippen molar-refractivity contribution in [3.63, 3.8) is 0 Å². The summed E-state index contributed by atoms with van der Waals surface area (Å²) in [6, 6.07) is 17.4. The third-order valence-corrected chi connectivity index (χ3v) is 6.32. The summed E-state index contributed by atoms with van der Waals surface area (Å²) in [6.45, 7) is 6.72. The number of aryl methyl sites for hydroxylation is 2. The van der Waals surface area contributed by atoms with Crippen molar-refractivity contribution in [2.24, 2.45) is 0 Å². The molecule has 0 spiro atoms. The molecule has 0 atom stereocenters. The van der Waals surface area contributed by atoms with E-state index < -0.39 is 8.22 Å². The number of nitrogens with zero attached hydrogens (tertiary/aromatic N) is 2. The maximum atomic E-state index is 2.44. The van der Waals surface area contributed by atoms with Crippen LogP contribution >= 0.6 is 8.22 Å². The zero-order chi connectivity index (χ0) is 15.3. The highest BCUT2D eigenvalue weighted by molar-refractivity contribution is 7.54. The molecule has 4 aromatic rings. The first-order chi connectivity index (χ1) is 10.7. The average Bonchev–Trinajstić information content (AvgIpc) is 3.06. The summed E-state index contributed by atoms with van der Waals surface area (Å²) in [7, 11) is -0.495. The summed E-state index contributed by atoms with van der Waals surface area (Å²) in [4.78, 5) is 0. The van der Waals surface area contributed by atoms with Gasteiger partial charge in [0.2, 0.25) is 0 Å². The lowest BCUT2D eigenvalue weighted by Gasteiger charge is -2.18. The second-order valence-corrected chi connectivity index (χ2v) is 7.68. The van der Waals surface area contributed by atoms with Crippen molar-refractivity contribution in [3.8, 4) is 0 Å². The first-order valence-electron chi connectivity index (χ1n) is 7.54. The fraction of sp³-hybridized carbons (Fsp3) is 0.158. The fourth-order valence-corrected chi connectivity index (χ4v) is 5.10. The van der Waals surface area contributed by atoms with E-state index in [9.17, 15) is 0 Å². The summed E-state index contributed by atoms with van der Waals surface area (Å²) in [5.41, 5.74) is 5.34. The molecule has 2 aromatic carbocycles. The van der Waals surface area contributed by atoms with E-state index in [1.807, 2.05) is 0 Å². The van der Waals surface area contributed by atoms with Crippen LogP contribution < -0.4 is 0 Å². The summed E-state index contributed by atoms with van der Waals surface area (Å²) in [5, 5.41) is 2.70. The van der Waals surface area contributed by atoms with Crippen molar-refractivity contribution in [1.29, 1.82) is 0 Å². The van der Waals surface area contributed by atoms with Gasteiger partial charge in [-0.3, -0.25) is 0 Å². The third kappa shape index (κ3) is 1.91. The molecule has 0 bridgehead atoms. The molecule has 22 heavy (non-hydrogen) atoms. The van der Waals surface area contributed by atoms with Crippen molar-refractivity contribution in [3.05, 3.63) is 72.1 Å². The van der Waals surface area contributed by atoms with Crippen molar-refractivity contribution in [1.82, 2.24) is 8.68 Å². The first-order valence-corrected chi connectivity index (χ1v) is 9.24. The second-order valence-electron chi connectivity index (χ2n) is 5.84. The van der Waals surface area contributed by atoms with Crippen molar-refractivity contribution in [2.45, 2.75) is 13.8 Å². The first kappa shape index (κ1) is 13.6. The molecule has 4 rings (SSSR count). The molecule has 0 aliphatic carbocycles. The highest BCUT2D eigenvalue weighted by atomic mass is 31.1. The van der Waals surface area contributed by atoms with Gasteiger partial charge in [0.15, 0.2) is 0 Å². The molecular weight excluding hydrogens is 287 g/mol. The molecule has 2 aromatic heterocycles. The minimum absolute atomic E-state index is 0.495. The van der Waals surface area contributed by atoms with Gasteiger partial charge in [-0.2, -0.15) is 0 Å². The van der Waals surface area contributed by atoms with Crippen LogP contribution in [-0.4, -0.2) is 15.3 Å². The molecule has 3 heteroatoms. The topological polar surface area (TPSA) is 9.86 Å². The molecule has 0 amide bonds. The Morgan fingerprint density at radius 3 is 1.55 bits per heavy atom. The number of fused-ring (bicyclic) bond motifs is 2. The summed E-state index contributed by atoms with van der Waals surface area (Å²) >= 11 is 0. The van der Waals surface area contributed by atoms with Gasteiger partial charge in [0, 0.05) is 23.2 Å². The lowest BCUT2D eigenvalue weighted by molar-refractivity contribution is 1.19. The predicted molar refractivity (Wildman–Crippen MR) is 97.0 cm³/mol. The Balaban J connectivity index is 1.94. The van der Waals surface area contributed by atoms with E-state index in [0.29, 0.717) is 0 Å². The number of para-hydroxylation sites is 2. The molecule has 0 aliphatic rings. The van der Waals surface area contributed by atoms with Gasteiger partial charge in [0.25, 0.3) is 0 Å². The molecule has 0 saturated heterocycles. The van der Waals surface area contributed by atoms with Gasteiger partial charge in [-0.25, -0.2) is 0 Å². The van der Waals surface area contributed by atoms with E-state index in [4.69, 9.17) is 0 Å². The number of aromatic nitrogens is 2. The van der Waals surface area contributed by atoms with Crippen LogP contribution in [-0.2, 0) is 0 Å². The van der Waals surface area contributed by atoms with Crippen LogP contribution in [0.5, 0.6) is 0 Å². The Labute approximate surface area is 131 Å². The fourth-order valence-electron chi connectivity index (χ4n) is 3.24. The van der Waals surface area contributed by atoms with Crippen LogP contribution in [0, 0.1) is 13.8 Å². The molecule has 2 nitrogen and oxygen atoms in total. The smallest absolute Gasteiger partial charge is 0.100 e. The van der Waals surface area contributed by atoms with E-state index in [1.54, 1.807) is 0 Å². The van der Waals surface area contributed by atoms with Gasteiger partial charge in [-0.05, 0) is 43.8 Å². The third-order valence-electron chi connectivity index (χ3n) is 4.41. The largest absolute Gasteiger partial charge is 0.308 e. The summed E-state index contributed by atoms with van der Waals surface area (Å²) in [5.74, 6) is 0. The Morgan fingerprint density at radius 1 is 0.682 bits per heavy atom. The van der Waals surface area contributed by atoms with Gasteiger partial charge < -0.3 is 8.68 Å². The SMILES string of the molecule is Cc1cn(P(C)n2cc(C)c3ccccc32)c2ccccc12. The summed E-state index contributed by atoms with van der Waals surface area (Å²) < 4.78 is 4.87. The van der Waals surface area contributed by atoms with Crippen molar-refractivity contribution < 1.29 is 0 Å². The molecule has 2 heterocycles. The zero-order valence-electron chi connectivity index (χ0n) is 13.1. The van der Waals surface area contributed by atoms with Crippen LogP contribution in [0.4, 0.5) is 0 Å². The maximum Gasteiger partial charge on any atom is 0.100 e. The minimum Gasteiger partial charge on any atom is -0.308 e. The van der Waals surface area contributed by atoms with Crippen LogP contribution in [0.1, 0.15) is 11.1 Å². The molecule has 0 N–H and O–H groups in total. The van der Waals surface area contributed by atoms with Crippen LogP contribution in [0.3, 0.4) is 0 Å². The minimum atomic E-state index is -0.495. The quantitative estimate of drug-likeness (QED) is 0.430. The highest BCUT2D eigenvalue weighted by Gasteiger charge is 2.15. The van der Waals surface area contributed by atoms with Gasteiger partial charge in [0.1, 0.15) is 8.22 Å². The molecule has 0 fully saturated rings. The molecule has 0 aliphatic heterocycles. The van der Waals surface area contributed by atoms with Crippen molar-refractivity contribution >= 4 is 30.0 Å². The second kappa shape index (κ2) is 5.00. The van der Waals surface area contributed by atoms with E-state index in [-0.39, 0.29) is 0 Å². The Kier molecular flexibility index (Phi) is 3.09. The molecule has 0 radical (unpaired) electrons. The normalized spacial score (nSPS) is 11.8. The highest BCUT2D eigenvalue weighted by Crippen LogP contribution is 2.43. The number of hydrogen-bond acceptors (Lipinski definition) is 0. The molecular formula is C19H19N2P. The number of hydrogen-bond donors (Lipinski definition) is 0. The summed E-state index contributed by atoms with van der Waals surface area (Å²) in [6.07, 6.45) is 4.58. The molecule has 110 valence electrons. The van der Waals surface area contributed by atoms with E-state index in [0.717, 1.165) is 0 Å². The van der Waals surface area contributed by atoms with Gasteiger partial charge in [-0.15, -0.1) is 0 Å². The van der Waals surface area contributed by atoms with Crippen LogP contribution in [0.2, 0.25) is 0 Å². The lowest BCUT2D eigenvalue weighted by atomic mass is 10.2. The van der Waals surface area contributed by atoms with Gasteiger partial charge in [0.05, 0.1) is 11.0 Å². The maximum absolute atomic E-state index is 2.44. The monoisotopic (exact) mass is 306 g/mol. The number of rotatable bonds is 2. The standard InChI is InChI=1S/C19H19N2P/c1-14-12-20(18-10-6-4-8-16(14)18)22(3)21-13-15(2)17-9-5-7-11-19(17)21/h4-13H,1-3H3. The molecule has 0 saturated carbocycles. The Morgan fingerprint density at radius 2 is 1.09 bits per heavy atom. The van der Waals surface area contributed by atoms with E-state index in [1.165, 1.54) is 32.9 Å². The molecule has 0 unspecified atom stereocenters. The van der Waals surface area contributed by atoms with E-state index in [2.05, 4.69) is 90.1 Å².